The summed E-state index contributed by atoms with van der Waals surface area (Å²) in [5.74, 6) is 0.175. The Balaban J connectivity index is 2.37. The van der Waals surface area contributed by atoms with Gasteiger partial charge in [-0.1, -0.05) is 0 Å². The van der Waals surface area contributed by atoms with Crippen molar-refractivity contribution in [1.29, 1.82) is 0 Å². The fourth-order valence-corrected chi connectivity index (χ4v) is 1.67. The van der Waals surface area contributed by atoms with Gasteiger partial charge < -0.3 is 4.42 Å². The highest BCUT2D eigenvalue weighted by molar-refractivity contribution is 5.94. The highest BCUT2D eigenvalue weighted by atomic mass is 16.3. The smallest absolute Gasteiger partial charge is 0.247 e. The predicted molar refractivity (Wildman–Crippen MR) is 59.3 cm³/mol. The van der Waals surface area contributed by atoms with Crippen LogP contribution >= 0.6 is 0 Å². The number of pyridine rings is 1. The normalized spacial score (nSPS) is 10.9. The molecular weight excluding hydrogens is 220 g/mol. The average Bonchev–Trinajstić information content (AvgIpc) is 2.95. The third-order valence-corrected chi connectivity index (χ3v) is 2.38. The molecule has 0 radical (unpaired) electrons. The summed E-state index contributed by atoms with van der Waals surface area (Å²) in [5.41, 5.74) is 1.03. The van der Waals surface area contributed by atoms with E-state index in [0.717, 1.165) is 5.39 Å². The standard InChI is InChI=1S/C11H8N4O2/c1-7(16)15-10-8(3-2-4-12-10)9(14-15)11-13-5-6-17-11/h2-6H,1H3. The first kappa shape index (κ1) is 9.71. The average molecular weight is 228 g/mol. The summed E-state index contributed by atoms with van der Waals surface area (Å²) in [4.78, 5) is 19.6. The van der Waals surface area contributed by atoms with Gasteiger partial charge in [0.05, 0.1) is 11.6 Å². The predicted octanol–water partition coefficient (Wildman–Crippen LogP) is 1.75. The first-order valence-electron chi connectivity index (χ1n) is 5.02. The molecule has 17 heavy (non-hydrogen) atoms. The summed E-state index contributed by atoms with van der Waals surface area (Å²) in [6.07, 6.45) is 4.61. The first-order valence-corrected chi connectivity index (χ1v) is 5.02. The summed E-state index contributed by atoms with van der Waals surface area (Å²) in [5, 5.41) is 4.92. The summed E-state index contributed by atoms with van der Waals surface area (Å²) in [7, 11) is 0. The van der Waals surface area contributed by atoms with Crippen LogP contribution in [0.5, 0.6) is 0 Å². The number of nitrogens with zero attached hydrogens (tertiary/aromatic N) is 4. The van der Waals surface area contributed by atoms with Crippen LogP contribution in [-0.4, -0.2) is 25.7 Å². The van der Waals surface area contributed by atoms with Gasteiger partial charge in [0.1, 0.15) is 6.26 Å². The maximum absolute atomic E-state index is 11.5. The van der Waals surface area contributed by atoms with E-state index in [2.05, 4.69) is 15.1 Å². The molecule has 3 aromatic heterocycles. The Bertz CT molecular complexity index is 685. The minimum Gasteiger partial charge on any atom is -0.443 e. The van der Waals surface area contributed by atoms with Crippen molar-refractivity contribution in [2.45, 2.75) is 6.92 Å². The number of fused-ring (bicyclic) bond motifs is 1. The van der Waals surface area contributed by atoms with E-state index in [1.54, 1.807) is 12.3 Å². The topological polar surface area (TPSA) is 73.8 Å². The first-order chi connectivity index (χ1) is 8.27. The van der Waals surface area contributed by atoms with Gasteiger partial charge in [-0.3, -0.25) is 4.79 Å². The molecule has 6 heteroatoms. The quantitative estimate of drug-likeness (QED) is 0.634. The van der Waals surface area contributed by atoms with E-state index in [1.807, 2.05) is 6.07 Å². The van der Waals surface area contributed by atoms with E-state index in [4.69, 9.17) is 4.42 Å². The van der Waals surface area contributed by atoms with E-state index >= 15 is 0 Å². The molecule has 0 N–H and O–H groups in total. The third kappa shape index (κ3) is 1.42. The van der Waals surface area contributed by atoms with Crippen LogP contribution in [0.1, 0.15) is 11.7 Å². The zero-order valence-electron chi connectivity index (χ0n) is 8.99. The summed E-state index contributed by atoms with van der Waals surface area (Å²) in [6, 6.07) is 3.61. The Morgan fingerprint density at radius 3 is 2.94 bits per heavy atom. The van der Waals surface area contributed by atoms with Gasteiger partial charge in [-0.15, -0.1) is 0 Å². The number of carbonyl (C=O) groups excluding carboxylic acids is 1. The number of hydrogen-bond donors (Lipinski definition) is 0. The van der Waals surface area contributed by atoms with Crippen molar-refractivity contribution >= 4 is 16.9 Å². The van der Waals surface area contributed by atoms with Crippen molar-refractivity contribution in [2.75, 3.05) is 0 Å². The van der Waals surface area contributed by atoms with Gasteiger partial charge in [0.25, 0.3) is 0 Å². The SMILES string of the molecule is CC(=O)n1nc(-c2ncco2)c2cccnc21. The Morgan fingerprint density at radius 2 is 2.24 bits per heavy atom. The lowest BCUT2D eigenvalue weighted by Gasteiger charge is -1.93. The zero-order valence-corrected chi connectivity index (χ0v) is 8.99. The molecule has 0 unspecified atom stereocenters. The van der Waals surface area contributed by atoms with E-state index in [9.17, 15) is 4.79 Å². The third-order valence-electron chi connectivity index (χ3n) is 2.38. The van der Waals surface area contributed by atoms with Crippen LogP contribution in [0.15, 0.2) is 35.2 Å². The van der Waals surface area contributed by atoms with Gasteiger partial charge in [-0.25, -0.2) is 9.97 Å². The molecule has 0 saturated carbocycles. The summed E-state index contributed by atoms with van der Waals surface area (Å²) in [6.45, 7) is 1.43. The number of aromatic nitrogens is 4. The molecule has 0 saturated heterocycles. The van der Waals surface area contributed by atoms with Gasteiger partial charge >= 0.3 is 0 Å². The largest absolute Gasteiger partial charge is 0.443 e. The molecule has 3 rings (SSSR count). The Morgan fingerprint density at radius 1 is 1.35 bits per heavy atom. The second-order valence-electron chi connectivity index (χ2n) is 3.49. The van der Waals surface area contributed by atoms with Crippen molar-refractivity contribution < 1.29 is 9.21 Å². The second kappa shape index (κ2) is 3.51. The molecule has 0 atom stereocenters. The van der Waals surface area contributed by atoms with Gasteiger partial charge in [-0.2, -0.15) is 9.78 Å². The molecule has 0 aromatic carbocycles. The maximum Gasteiger partial charge on any atom is 0.247 e. The van der Waals surface area contributed by atoms with Crippen LogP contribution in [0.3, 0.4) is 0 Å². The van der Waals surface area contributed by atoms with Crippen LogP contribution in [0.25, 0.3) is 22.6 Å². The van der Waals surface area contributed by atoms with E-state index < -0.39 is 0 Å². The van der Waals surface area contributed by atoms with Crippen molar-refractivity contribution in [2.24, 2.45) is 0 Å². The minimum atomic E-state index is -0.202. The van der Waals surface area contributed by atoms with Crippen molar-refractivity contribution in [3.63, 3.8) is 0 Å². The molecule has 3 aromatic rings. The van der Waals surface area contributed by atoms with Crippen molar-refractivity contribution in [3.05, 3.63) is 30.8 Å². The van der Waals surface area contributed by atoms with Crippen LogP contribution in [0.2, 0.25) is 0 Å². The lowest BCUT2D eigenvalue weighted by Crippen LogP contribution is -2.07. The van der Waals surface area contributed by atoms with Crippen molar-refractivity contribution in [1.82, 2.24) is 19.7 Å². The Kier molecular flexibility index (Phi) is 2.01. The zero-order chi connectivity index (χ0) is 11.8. The summed E-state index contributed by atoms with van der Waals surface area (Å²) < 4.78 is 6.44. The van der Waals surface area contributed by atoms with Crippen molar-refractivity contribution in [3.8, 4) is 11.6 Å². The van der Waals surface area contributed by atoms with E-state index in [1.165, 1.54) is 24.1 Å². The molecular formula is C11H8N4O2. The number of rotatable bonds is 1. The van der Waals surface area contributed by atoms with Crippen LogP contribution in [0, 0.1) is 0 Å². The van der Waals surface area contributed by atoms with Gasteiger partial charge in [0.15, 0.2) is 11.3 Å². The second-order valence-corrected chi connectivity index (χ2v) is 3.49. The van der Waals surface area contributed by atoms with Gasteiger partial charge in [0, 0.05) is 13.1 Å². The molecule has 0 fully saturated rings. The number of hydrogen-bond acceptors (Lipinski definition) is 5. The monoisotopic (exact) mass is 228 g/mol. The highest BCUT2D eigenvalue weighted by Crippen LogP contribution is 2.25. The van der Waals surface area contributed by atoms with Crippen LogP contribution in [0.4, 0.5) is 0 Å². The molecule has 0 aliphatic heterocycles. The Labute approximate surface area is 95.9 Å². The highest BCUT2D eigenvalue weighted by Gasteiger charge is 2.17. The molecule has 0 aliphatic carbocycles. The molecule has 84 valence electrons. The molecule has 0 bridgehead atoms. The van der Waals surface area contributed by atoms with Gasteiger partial charge in [-0.05, 0) is 12.1 Å². The minimum absolute atomic E-state index is 0.202. The van der Waals surface area contributed by atoms with E-state index in [0.29, 0.717) is 17.2 Å². The van der Waals surface area contributed by atoms with Gasteiger partial charge in [0.2, 0.25) is 11.8 Å². The molecule has 0 spiro atoms. The lowest BCUT2D eigenvalue weighted by atomic mass is 10.2. The fourth-order valence-electron chi connectivity index (χ4n) is 1.67. The van der Waals surface area contributed by atoms with Crippen LogP contribution < -0.4 is 0 Å². The van der Waals surface area contributed by atoms with E-state index in [-0.39, 0.29) is 5.91 Å². The fraction of sp³-hybridized carbons (Fsp3) is 0.0909. The molecule has 0 amide bonds. The molecule has 0 aliphatic rings. The maximum atomic E-state index is 11.5. The molecule has 3 heterocycles. The number of oxazole rings is 1. The Hall–Kier alpha value is -2.50. The summed E-state index contributed by atoms with van der Waals surface area (Å²) >= 11 is 0. The molecule has 6 nitrogen and oxygen atoms in total. The van der Waals surface area contributed by atoms with Crippen LogP contribution in [-0.2, 0) is 0 Å². The lowest BCUT2D eigenvalue weighted by molar-refractivity contribution is 0.0926. The number of carbonyl (C=O) groups is 1.